The first-order chi connectivity index (χ1) is 9.97. The highest BCUT2D eigenvalue weighted by Crippen LogP contribution is 2.24. The van der Waals surface area contributed by atoms with Crippen LogP contribution in [0, 0.1) is 0 Å². The number of hydrogen-bond acceptors (Lipinski definition) is 5. The lowest BCUT2D eigenvalue weighted by atomic mass is 10.1. The van der Waals surface area contributed by atoms with E-state index in [2.05, 4.69) is 15.9 Å². The molecule has 0 aliphatic rings. The summed E-state index contributed by atoms with van der Waals surface area (Å²) in [4.78, 5) is 22.2. The van der Waals surface area contributed by atoms with Gasteiger partial charge in [0.05, 0.1) is 0 Å². The van der Waals surface area contributed by atoms with Crippen LogP contribution < -0.4 is 11.4 Å². The number of nitrogens with two attached hydrogens (primary N) is 1. The monoisotopic (exact) mass is 371 g/mol. The maximum Gasteiger partial charge on any atom is 0.336 e. The van der Waals surface area contributed by atoms with E-state index >= 15 is 0 Å². The molecule has 5 nitrogen and oxygen atoms in total. The third-order valence-corrected chi connectivity index (χ3v) is 4.47. The van der Waals surface area contributed by atoms with Crippen LogP contribution in [0.4, 0.5) is 0 Å². The highest BCUT2D eigenvalue weighted by atomic mass is 79.9. The van der Waals surface area contributed by atoms with Crippen LogP contribution >= 0.6 is 27.7 Å². The molecule has 0 amide bonds. The zero-order chi connectivity index (χ0) is 15.4. The Kier molecular flexibility index (Phi) is 5.44. The number of rotatable bonds is 6. The number of carbonyl (C=O) groups is 1. The van der Waals surface area contributed by atoms with Crippen LogP contribution in [0.15, 0.2) is 37.9 Å². The van der Waals surface area contributed by atoms with Crippen LogP contribution in [0.2, 0.25) is 0 Å². The number of thioether (sulfide) groups is 1. The molecule has 0 aliphatic heterocycles. The Bertz CT molecular complexity index is 716. The van der Waals surface area contributed by atoms with Gasteiger partial charge in [-0.25, -0.2) is 4.79 Å². The highest BCUT2D eigenvalue weighted by molar-refractivity contribution is 9.10. The molecule has 0 fully saturated rings. The Hall–Kier alpha value is -1.31. The average molecular weight is 372 g/mol. The van der Waals surface area contributed by atoms with E-state index in [0.717, 1.165) is 15.4 Å². The minimum Gasteiger partial charge on any atom is -0.480 e. The standard InChI is InChI=1S/C14H14BrNO4S/c15-9-1-2-10-8(5-13(17)20-12(10)6-9)7-21-4-3-11(16)14(18)19/h1-2,5-6,11H,3-4,7,16H2,(H,18,19). The lowest BCUT2D eigenvalue weighted by molar-refractivity contribution is -0.138. The summed E-state index contributed by atoms with van der Waals surface area (Å²) in [5, 5.41) is 9.59. The average Bonchev–Trinajstić information content (AvgIpc) is 2.42. The van der Waals surface area contributed by atoms with E-state index in [0.29, 0.717) is 23.5 Å². The van der Waals surface area contributed by atoms with Gasteiger partial charge in [0, 0.05) is 21.7 Å². The van der Waals surface area contributed by atoms with Gasteiger partial charge in [-0.1, -0.05) is 15.9 Å². The van der Waals surface area contributed by atoms with Gasteiger partial charge in [-0.3, -0.25) is 4.79 Å². The zero-order valence-corrected chi connectivity index (χ0v) is 13.4. The van der Waals surface area contributed by atoms with Crippen molar-refractivity contribution in [2.24, 2.45) is 5.73 Å². The van der Waals surface area contributed by atoms with Crippen molar-refractivity contribution in [1.82, 2.24) is 0 Å². The molecule has 7 heteroatoms. The molecule has 3 N–H and O–H groups in total. The molecule has 1 unspecified atom stereocenters. The molecule has 0 spiro atoms. The zero-order valence-electron chi connectivity index (χ0n) is 11.0. The van der Waals surface area contributed by atoms with Crippen molar-refractivity contribution in [1.29, 1.82) is 0 Å². The van der Waals surface area contributed by atoms with Crippen molar-refractivity contribution in [2.45, 2.75) is 18.2 Å². The van der Waals surface area contributed by atoms with E-state index in [4.69, 9.17) is 15.3 Å². The molecule has 1 aromatic carbocycles. The van der Waals surface area contributed by atoms with Gasteiger partial charge in [0.1, 0.15) is 11.6 Å². The number of carboxylic acids is 1. The van der Waals surface area contributed by atoms with Crippen molar-refractivity contribution in [3.63, 3.8) is 0 Å². The summed E-state index contributed by atoms with van der Waals surface area (Å²) in [6, 6.07) is 6.16. The first-order valence-electron chi connectivity index (χ1n) is 6.26. The smallest absolute Gasteiger partial charge is 0.336 e. The van der Waals surface area contributed by atoms with Crippen LogP contribution in [0.1, 0.15) is 12.0 Å². The first kappa shape index (κ1) is 16.1. The van der Waals surface area contributed by atoms with Crippen molar-refractivity contribution in [2.75, 3.05) is 5.75 Å². The minimum atomic E-state index is -0.994. The van der Waals surface area contributed by atoms with Crippen molar-refractivity contribution < 1.29 is 14.3 Å². The number of carboxylic acid groups (broad SMARTS) is 1. The third-order valence-electron chi connectivity index (χ3n) is 2.94. The lowest BCUT2D eigenvalue weighted by Gasteiger charge is -2.07. The topological polar surface area (TPSA) is 93.5 Å². The Morgan fingerprint density at radius 1 is 1.43 bits per heavy atom. The predicted octanol–water partition coefficient (Wildman–Crippen LogP) is 2.59. The van der Waals surface area contributed by atoms with Gasteiger partial charge in [0.15, 0.2) is 0 Å². The number of benzene rings is 1. The molecule has 1 heterocycles. The molecular formula is C14H14BrNO4S. The van der Waals surface area contributed by atoms with Gasteiger partial charge >= 0.3 is 11.6 Å². The highest BCUT2D eigenvalue weighted by Gasteiger charge is 2.11. The van der Waals surface area contributed by atoms with E-state index in [9.17, 15) is 9.59 Å². The van der Waals surface area contributed by atoms with E-state index in [1.54, 1.807) is 17.8 Å². The fraction of sp³-hybridized carbons (Fsp3) is 0.286. The van der Waals surface area contributed by atoms with Crippen LogP contribution in [0.5, 0.6) is 0 Å². The van der Waals surface area contributed by atoms with Gasteiger partial charge in [0.25, 0.3) is 0 Å². The molecule has 1 aromatic heterocycles. The predicted molar refractivity (Wildman–Crippen MR) is 86.6 cm³/mol. The Labute approximate surface area is 133 Å². The van der Waals surface area contributed by atoms with E-state index in [1.807, 2.05) is 12.1 Å². The summed E-state index contributed by atoms with van der Waals surface area (Å²) in [7, 11) is 0. The normalized spacial score (nSPS) is 12.5. The summed E-state index contributed by atoms with van der Waals surface area (Å²) >= 11 is 4.88. The SMILES string of the molecule is NC(CCSCc1cc(=O)oc2cc(Br)ccc12)C(=O)O. The van der Waals surface area contributed by atoms with Crippen molar-refractivity contribution >= 4 is 44.6 Å². The lowest BCUT2D eigenvalue weighted by Crippen LogP contribution is -2.30. The molecule has 2 rings (SSSR count). The quantitative estimate of drug-likeness (QED) is 0.598. The van der Waals surface area contributed by atoms with E-state index < -0.39 is 17.6 Å². The number of fused-ring (bicyclic) bond motifs is 1. The van der Waals surface area contributed by atoms with Crippen LogP contribution in [-0.2, 0) is 10.5 Å². The Morgan fingerprint density at radius 3 is 2.90 bits per heavy atom. The third kappa shape index (κ3) is 4.33. The molecule has 1 atom stereocenters. The van der Waals surface area contributed by atoms with E-state index in [-0.39, 0.29) is 0 Å². The summed E-state index contributed by atoms with van der Waals surface area (Å²) in [5.74, 6) is 0.230. The fourth-order valence-electron chi connectivity index (χ4n) is 1.84. The fourth-order valence-corrected chi connectivity index (χ4v) is 3.20. The van der Waals surface area contributed by atoms with Crippen LogP contribution in [0.25, 0.3) is 11.0 Å². The minimum absolute atomic E-state index is 0.390. The van der Waals surface area contributed by atoms with Gasteiger partial charge in [-0.2, -0.15) is 11.8 Å². The summed E-state index contributed by atoms with van der Waals surface area (Å²) in [5.41, 5.74) is 6.47. The molecule has 2 aromatic rings. The molecular weight excluding hydrogens is 358 g/mol. The first-order valence-corrected chi connectivity index (χ1v) is 8.20. The number of aliphatic carboxylic acids is 1. The van der Waals surface area contributed by atoms with Gasteiger partial charge in [0.2, 0.25) is 0 Å². The molecule has 112 valence electrons. The van der Waals surface area contributed by atoms with Gasteiger partial charge < -0.3 is 15.3 Å². The van der Waals surface area contributed by atoms with E-state index in [1.165, 1.54) is 6.07 Å². The Balaban J connectivity index is 2.08. The summed E-state index contributed by atoms with van der Waals surface area (Å²) in [6.45, 7) is 0. The second kappa shape index (κ2) is 7.11. The maximum atomic E-state index is 11.6. The van der Waals surface area contributed by atoms with Crippen molar-refractivity contribution in [3.05, 3.63) is 44.7 Å². The Morgan fingerprint density at radius 2 is 2.19 bits per heavy atom. The number of halogens is 1. The van der Waals surface area contributed by atoms with Crippen LogP contribution in [0.3, 0.4) is 0 Å². The van der Waals surface area contributed by atoms with Crippen molar-refractivity contribution in [3.8, 4) is 0 Å². The van der Waals surface area contributed by atoms with Gasteiger partial charge in [-0.15, -0.1) is 0 Å². The largest absolute Gasteiger partial charge is 0.480 e. The molecule has 0 saturated heterocycles. The molecule has 0 aliphatic carbocycles. The summed E-state index contributed by atoms with van der Waals surface area (Å²) < 4.78 is 6.01. The summed E-state index contributed by atoms with van der Waals surface area (Å²) in [6.07, 6.45) is 0.394. The number of hydrogen-bond donors (Lipinski definition) is 2. The van der Waals surface area contributed by atoms with Crippen LogP contribution in [-0.4, -0.2) is 22.9 Å². The maximum absolute atomic E-state index is 11.6. The molecule has 0 saturated carbocycles. The second-order valence-corrected chi connectivity index (χ2v) is 6.54. The molecule has 0 bridgehead atoms. The molecule has 0 radical (unpaired) electrons. The second-order valence-electron chi connectivity index (χ2n) is 4.52. The van der Waals surface area contributed by atoms with Gasteiger partial charge in [-0.05, 0) is 35.9 Å². The molecule has 21 heavy (non-hydrogen) atoms.